The summed E-state index contributed by atoms with van der Waals surface area (Å²) in [6.45, 7) is 1.03. The molecule has 2 rings (SSSR count). The second kappa shape index (κ2) is 5.10. The number of sulfone groups is 1. The maximum Gasteiger partial charge on any atom is 0.304 e. The molecule has 1 aliphatic carbocycles. The van der Waals surface area contributed by atoms with Crippen LogP contribution in [-0.2, 0) is 14.6 Å². The molecule has 1 aliphatic heterocycles. The predicted octanol–water partition coefficient (Wildman–Crippen LogP) is 0.254. The van der Waals surface area contributed by atoms with E-state index in [1.807, 2.05) is 4.90 Å². The summed E-state index contributed by atoms with van der Waals surface area (Å²) in [6, 6.07) is 1.72. The second-order valence-electron chi connectivity index (χ2n) is 5.67. The molecular formula is C12H18N2O4S. The fourth-order valence-corrected chi connectivity index (χ4v) is 4.28. The average molecular weight is 286 g/mol. The van der Waals surface area contributed by atoms with Gasteiger partial charge in [0.1, 0.15) is 0 Å². The fraction of sp³-hybridized carbons (Fsp3) is 0.833. The van der Waals surface area contributed by atoms with Crippen LogP contribution >= 0.6 is 0 Å². The molecule has 0 aromatic rings. The summed E-state index contributed by atoms with van der Waals surface area (Å²) >= 11 is 0. The highest BCUT2D eigenvalue weighted by Gasteiger charge is 2.46. The van der Waals surface area contributed by atoms with Gasteiger partial charge in [-0.05, 0) is 18.3 Å². The molecule has 0 radical (unpaired) electrons. The highest BCUT2D eigenvalue weighted by molar-refractivity contribution is 7.91. The van der Waals surface area contributed by atoms with E-state index in [1.165, 1.54) is 0 Å². The van der Waals surface area contributed by atoms with Crippen molar-refractivity contribution in [3.8, 4) is 6.07 Å². The molecule has 19 heavy (non-hydrogen) atoms. The van der Waals surface area contributed by atoms with Crippen molar-refractivity contribution in [3.63, 3.8) is 0 Å². The van der Waals surface area contributed by atoms with Crippen LogP contribution in [0.4, 0.5) is 0 Å². The third-order valence-electron chi connectivity index (χ3n) is 4.01. The molecule has 106 valence electrons. The molecule has 1 unspecified atom stereocenters. The maximum atomic E-state index is 11.6. The van der Waals surface area contributed by atoms with Gasteiger partial charge in [0, 0.05) is 25.6 Å². The standard InChI is InChI=1S/C12H18N2O4S/c13-4-3-12(1-2-12)9-14-5-6-19(17,18)8-10(14)7-11(15)16/h10H,1-3,5-9H2,(H,15,16). The smallest absolute Gasteiger partial charge is 0.304 e. The lowest BCUT2D eigenvalue weighted by Gasteiger charge is -2.36. The van der Waals surface area contributed by atoms with E-state index in [-0.39, 0.29) is 23.3 Å². The Morgan fingerprint density at radius 2 is 2.16 bits per heavy atom. The summed E-state index contributed by atoms with van der Waals surface area (Å²) in [5.74, 6) is -0.967. The number of aliphatic carboxylic acids is 1. The van der Waals surface area contributed by atoms with E-state index in [2.05, 4.69) is 6.07 Å². The van der Waals surface area contributed by atoms with Crippen LogP contribution in [0.5, 0.6) is 0 Å². The Morgan fingerprint density at radius 1 is 1.47 bits per heavy atom. The number of hydrogen-bond acceptors (Lipinski definition) is 5. The van der Waals surface area contributed by atoms with Crippen LogP contribution in [0.25, 0.3) is 0 Å². The van der Waals surface area contributed by atoms with Gasteiger partial charge in [0.05, 0.1) is 24.0 Å². The molecule has 0 aromatic heterocycles. The van der Waals surface area contributed by atoms with Crippen LogP contribution in [0.15, 0.2) is 0 Å². The Balaban J connectivity index is 2.05. The summed E-state index contributed by atoms with van der Waals surface area (Å²) < 4.78 is 23.2. The van der Waals surface area contributed by atoms with Gasteiger partial charge in [0.15, 0.2) is 9.84 Å². The Bertz CT molecular complexity index is 504. The van der Waals surface area contributed by atoms with Crippen molar-refractivity contribution in [1.29, 1.82) is 5.26 Å². The zero-order valence-corrected chi connectivity index (χ0v) is 11.5. The third-order valence-corrected chi connectivity index (χ3v) is 5.71. The van der Waals surface area contributed by atoms with Gasteiger partial charge >= 0.3 is 5.97 Å². The van der Waals surface area contributed by atoms with Crippen molar-refractivity contribution in [1.82, 2.24) is 4.90 Å². The number of carbonyl (C=O) groups is 1. The van der Waals surface area contributed by atoms with Crippen LogP contribution in [0, 0.1) is 16.7 Å². The number of hydrogen-bond donors (Lipinski definition) is 1. The molecule has 0 bridgehead atoms. The minimum absolute atomic E-state index is 0.0212. The van der Waals surface area contributed by atoms with E-state index in [0.717, 1.165) is 12.8 Å². The number of rotatable bonds is 5. The largest absolute Gasteiger partial charge is 0.481 e. The van der Waals surface area contributed by atoms with E-state index < -0.39 is 21.8 Å². The highest BCUT2D eigenvalue weighted by atomic mass is 32.2. The SMILES string of the molecule is N#CCC1(CN2CCS(=O)(=O)CC2CC(=O)O)CC1. The van der Waals surface area contributed by atoms with Crippen molar-refractivity contribution in [2.45, 2.75) is 31.7 Å². The summed E-state index contributed by atoms with van der Waals surface area (Å²) in [5.41, 5.74) is -0.0212. The third kappa shape index (κ3) is 3.67. The molecule has 1 heterocycles. The first-order valence-electron chi connectivity index (χ1n) is 6.39. The Morgan fingerprint density at radius 3 is 2.68 bits per heavy atom. The molecule has 2 aliphatic rings. The van der Waals surface area contributed by atoms with Gasteiger partial charge in [-0.2, -0.15) is 5.26 Å². The van der Waals surface area contributed by atoms with Crippen LogP contribution in [0.2, 0.25) is 0 Å². The van der Waals surface area contributed by atoms with E-state index >= 15 is 0 Å². The van der Waals surface area contributed by atoms with Gasteiger partial charge in [-0.15, -0.1) is 0 Å². The van der Waals surface area contributed by atoms with Crippen molar-refractivity contribution in [3.05, 3.63) is 0 Å². The van der Waals surface area contributed by atoms with Crippen LogP contribution < -0.4 is 0 Å². The van der Waals surface area contributed by atoms with Crippen LogP contribution in [0.3, 0.4) is 0 Å². The monoisotopic (exact) mass is 286 g/mol. The Hall–Kier alpha value is -1.13. The quantitative estimate of drug-likeness (QED) is 0.778. The second-order valence-corrected chi connectivity index (χ2v) is 7.90. The zero-order valence-electron chi connectivity index (χ0n) is 10.7. The zero-order chi connectivity index (χ0) is 14.1. The van der Waals surface area contributed by atoms with Gasteiger partial charge in [0.25, 0.3) is 0 Å². The highest BCUT2D eigenvalue weighted by Crippen LogP contribution is 2.49. The minimum Gasteiger partial charge on any atom is -0.481 e. The molecule has 0 amide bonds. The average Bonchev–Trinajstić information content (AvgIpc) is 3.02. The molecular weight excluding hydrogens is 268 g/mol. The number of nitriles is 1. The first-order chi connectivity index (χ1) is 8.86. The normalized spacial score (nSPS) is 28.5. The minimum atomic E-state index is -3.13. The number of carboxylic acid groups (broad SMARTS) is 1. The lowest BCUT2D eigenvalue weighted by atomic mass is 10.0. The summed E-state index contributed by atoms with van der Waals surface area (Å²) in [7, 11) is -3.13. The summed E-state index contributed by atoms with van der Waals surface area (Å²) in [6.07, 6.45) is 2.27. The molecule has 1 saturated heterocycles. The predicted molar refractivity (Wildman–Crippen MR) is 68.2 cm³/mol. The van der Waals surface area contributed by atoms with Crippen molar-refractivity contribution in [2.75, 3.05) is 24.6 Å². The first-order valence-corrected chi connectivity index (χ1v) is 8.21. The van der Waals surface area contributed by atoms with Crippen LogP contribution in [-0.4, -0.2) is 55.0 Å². The van der Waals surface area contributed by atoms with Gasteiger partial charge < -0.3 is 5.11 Å². The van der Waals surface area contributed by atoms with E-state index in [4.69, 9.17) is 10.4 Å². The molecule has 6 nitrogen and oxygen atoms in total. The number of nitrogens with zero attached hydrogens (tertiary/aromatic N) is 2. The van der Waals surface area contributed by atoms with Crippen LogP contribution in [0.1, 0.15) is 25.7 Å². The van der Waals surface area contributed by atoms with Gasteiger partial charge in [-0.3, -0.25) is 9.69 Å². The molecule has 0 aromatic carbocycles. The Kier molecular flexibility index (Phi) is 3.83. The molecule has 0 spiro atoms. The maximum absolute atomic E-state index is 11.6. The fourth-order valence-electron chi connectivity index (χ4n) is 2.68. The molecule has 1 saturated carbocycles. The van der Waals surface area contributed by atoms with Gasteiger partial charge in [-0.1, -0.05) is 0 Å². The molecule has 1 atom stereocenters. The molecule has 1 N–H and O–H groups in total. The summed E-state index contributed by atoms with van der Waals surface area (Å²) in [5, 5.41) is 17.7. The van der Waals surface area contributed by atoms with Gasteiger partial charge in [-0.25, -0.2) is 8.42 Å². The van der Waals surface area contributed by atoms with E-state index in [1.54, 1.807) is 0 Å². The lowest BCUT2D eigenvalue weighted by molar-refractivity contribution is -0.138. The van der Waals surface area contributed by atoms with Crippen molar-refractivity contribution >= 4 is 15.8 Å². The Labute approximate surface area is 112 Å². The van der Waals surface area contributed by atoms with Gasteiger partial charge in [0.2, 0.25) is 0 Å². The first kappa shape index (κ1) is 14.3. The lowest BCUT2D eigenvalue weighted by Crippen LogP contribution is -2.51. The van der Waals surface area contributed by atoms with Crippen molar-refractivity contribution < 1.29 is 18.3 Å². The summed E-state index contributed by atoms with van der Waals surface area (Å²) in [4.78, 5) is 12.8. The van der Waals surface area contributed by atoms with Crippen molar-refractivity contribution in [2.24, 2.45) is 5.41 Å². The number of carboxylic acids is 1. The molecule has 2 fully saturated rings. The van der Waals surface area contributed by atoms with E-state index in [0.29, 0.717) is 19.5 Å². The topological polar surface area (TPSA) is 98.5 Å². The van der Waals surface area contributed by atoms with E-state index in [9.17, 15) is 13.2 Å². The molecule has 7 heteroatoms.